The number of nitrogens with zero attached hydrogens (tertiary/aromatic N) is 2. The molecule has 6 nitrogen and oxygen atoms in total. The molecule has 1 atom stereocenters. The fourth-order valence-electron chi connectivity index (χ4n) is 2.22. The largest absolute Gasteiger partial charge is 0.379 e. The molecule has 0 aliphatic heterocycles. The normalized spacial score (nSPS) is 12.3. The highest BCUT2D eigenvalue weighted by Crippen LogP contribution is 2.10. The van der Waals surface area contributed by atoms with E-state index in [1.165, 1.54) is 5.56 Å². The Morgan fingerprint density at radius 3 is 2.41 bits per heavy atom. The summed E-state index contributed by atoms with van der Waals surface area (Å²) in [5.41, 5.74) is 1.17. The Morgan fingerprint density at radius 2 is 1.81 bits per heavy atom. The third-order valence-electron chi connectivity index (χ3n) is 3.84. The molecule has 0 aromatic heterocycles. The first-order valence-electron chi connectivity index (χ1n) is 9.31. The van der Waals surface area contributed by atoms with Crippen LogP contribution >= 0.6 is 24.0 Å². The van der Waals surface area contributed by atoms with Crippen LogP contribution in [0.5, 0.6) is 0 Å². The monoisotopic (exact) mass is 490 g/mol. The maximum Gasteiger partial charge on any atom is 0.243 e. The standard InChI is InChI=1S/C20H34N4O2.HI/c1-16(2)26-14-10-9-13-21-20(22-15-19(25)24(4)5)23-17(3)18-11-7-6-8-12-18;/h6-8,11-12,16-17H,9-10,13-15H2,1-5H3,(H2,21,22,23);1H. The van der Waals surface area contributed by atoms with Gasteiger partial charge in [0.1, 0.15) is 6.54 Å². The van der Waals surface area contributed by atoms with Crippen LogP contribution in [0.1, 0.15) is 45.2 Å². The van der Waals surface area contributed by atoms with Crippen molar-refractivity contribution in [2.45, 2.75) is 45.8 Å². The Morgan fingerprint density at radius 1 is 1.15 bits per heavy atom. The van der Waals surface area contributed by atoms with E-state index in [0.29, 0.717) is 5.96 Å². The van der Waals surface area contributed by atoms with E-state index in [9.17, 15) is 4.79 Å². The number of carbonyl (C=O) groups excluding carboxylic acids is 1. The molecule has 0 saturated heterocycles. The highest BCUT2D eigenvalue weighted by molar-refractivity contribution is 14.0. The smallest absolute Gasteiger partial charge is 0.243 e. The van der Waals surface area contributed by atoms with Crippen molar-refractivity contribution in [3.05, 3.63) is 35.9 Å². The molecule has 0 saturated carbocycles. The number of aliphatic imine (C=N–C) groups is 1. The van der Waals surface area contributed by atoms with Gasteiger partial charge in [0.2, 0.25) is 5.91 Å². The predicted octanol–water partition coefficient (Wildman–Crippen LogP) is 3.19. The number of halogens is 1. The van der Waals surface area contributed by atoms with Crippen molar-refractivity contribution in [3.8, 4) is 0 Å². The zero-order chi connectivity index (χ0) is 19.4. The average Bonchev–Trinajstić information content (AvgIpc) is 2.62. The van der Waals surface area contributed by atoms with Crippen molar-refractivity contribution < 1.29 is 9.53 Å². The third kappa shape index (κ3) is 11.9. The van der Waals surface area contributed by atoms with Gasteiger partial charge in [0, 0.05) is 27.2 Å². The third-order valence-corrected chi connectivity index (χ3v) is 3.84. The lowest BCUT2D eigenvalue weighted by Crippen LogP contribution is -2.40. The van der Waals surface area contributed by atoms with Gasteiger partial charge in [-0.15, -0.1) is 24.0 Å². The SMILES string of the molecule is CC(C)OCCCCNC(=NCC(=O)N(C)C)NC(C)c1ccccc1.I. The van der Waals surface area contributed by atoms with Gasteiger partial charge in [0.05, 0.1) is 12.1 Å². The van der Waals surface area contributed by atoms with E-state index >= 15 is 0 Å². The summed E-state index contributed by atoms with van der Waals surface area (Å²) < 4.78 is 5.55. The van der Waals surface area contributed by atoms with Crippen LogP contribution in [0, 0.1) is 0 Å². The number of unbranched alkanes of at least 4 members (excludes halogenated alkanes) is 1. The Hall–Kier alpha value is -1.35. The van der Waals surface area contributed by atoms with Crippen LogP contribution in [0.25, 0.3) is 0 Å². The van der Waals surface area contributed by atoms with Crippen molar-refractivity contribution in [3.63, 3.8) is 0 Å². The summed E-state index contributed by atoms with van der Waals surface area (Å²) in [7, 11) is 3.47. The molecule has 0 heterocycles. The zero-order valence-electron chi connectivity index (χ0n) is 17.2. The van der Waals surface area contributed by atoms with E-state index in [1.54, 1.807) is 19.0 Å². The number of carbonyl (C=O) groups is 1. The quantitative estimate of drug-likeness (QED) is 0.229. The van der Waals surface area contributed by atoms with Gasteiger partial charge >= 0.3 is 0 Å². The molecular formula is C20H35IN4O2. The first-order chi connectivity index (χ1) is 12.4. The van der Waals surface area contributed by atoms with Crippen LogP contribution in [-0.4, -0.2) is 56.7 Å². The van der Waals surface area contributed by atoms with Crippen molar-refractivity contribution >= 4 is 35.8 Å². The van der Waals surface area contributed by atoms with Crippen molar-refractivity contribution in [2.24, 2.45) is 4.99 Å². The van der Waals surface area contributed by atoms with Gasteiger partial charge in [-0.2, -0.15) is 0 Å². The van der Waals surface area contributed by atoms with Gasteiger partial charge < -0.3 is 20.3 Å². The first kappa shape index (κ1) is 25.6. The Balaban J connectivity index is 0.00000676. The minimum atomic E-state index is -0.0243. The van der Waals surface area contributed by atoms with Crippen LogP contribution in [0.2, 0.25) is 0 Å². The summed E-state index contributed by atoms with van der Waals surface area (Å²) >= 11 is 0. The molecule has 0 aliphatic carbocycles. The van der Waals surface area contributed by atoms with Crippen molar-refractivity contribution in [1.29, 1.82) is 0 Å². The predicted molar refractivity (Wildman–Crippen MR) is 123 cm³/mol. The van der Waals surface area contributed by atoms with Crippen molar-refractivity contribution in [1.82, 2.24) is 15.5 Å². The topological polar surface area (TPSA) is 66.0 Å². The van der Waals surface area contributed by atoms with E-state index in [-0.39, 0.29) is 48.6 Å². The summed E-state index contributed by atoms with van der Waals surface area (Å²) in [6, 6.07) is 10.3. The Labute approximate surface area is 181 Å². The highest BCUT2D eigenvalue weighted by atomic mass is 127. The van der Waals surface area contributed by atoms with E-state index in [0.717, 1.165) is 26.0 Å². The lowest BCUT2D eigenvalue weighted by atomic mass is 10.1. The van der Waals surface area contributed by atoms with Crippen molar-refractivity contribution in [2.75, 3.05) is 33.8 Å². The van der Waals surface area contributed by atoms with Crippen LogP contribution in [0.4, 0.5) is 0 Å². The minimum Gasteiger partial charge on any atom is -0.379 e. The molecule has 1 aromatic rings. The molecule has 1 unspecified atom stereocenters. The van der Waals surface area contributed by atoms with Gasteiger partial charge in [-0.05, 0) is 39.2 Å². The van der Waals surface area contributed by atoms with E-state index in [4.69, 9.17) is 4.74 Å². The van der Waals surface area contributed by atoms with Gasteiger partial charge in [-0.1, -0.05) is 30.3 Å². The number of hydrogen-bond donors (Lipinski definition) is 2. The summed E-state index contributed by atoms with van der Waals surface area (Å²) in [6.45, 7) is 7.83. The molecule has 0 radical (unpaired) electrons. The highest BCUT2D eigenvalue weighted by Gasteiger charge is 2.09. The lowest BCUT2D eigenvalue weighted by molar-refractivity contribution is -0.127. The van der Waals surface area contributed by atoms with Crippen LogP contribution < -0.4 is 10.6 Å². The maximum atomic E-state index is 11.8. The Kier molecular flexibility index (Phi) is 13.9. The number of ether oxygens (including phenoxy) is 1. The number of benzene rings is 1. The van der Waals surface area contributed by atoms with E-state index in [2.05, 4.69) is 34.7 Å². The van der Waals surface area contributed by atoms with E-state index in [1.807, 2.05) is 32.0 Å². The lowest BCUT2D eigenvalue weighted by Gasteiger charge is -2.19. The second-order valence-electron chi connectivity index (χ2n) is 6.78. The molecule has 0 fully saturated rings. The zero-order valence-corrected chi connectivity index (χ0v) is 19.5. The molecular weight excluding hydrogens is 455 g/mol. The minimum absolute atomic E-state index is 0. The molecule has 7 heteroatoms. The fraction of sp³-hybridized carbons (Fsp3) is 0.600. The number of hydrogen-bond acceptors (Lipinski definition) is 3. The summed E-state index contributed by atoms with van der Waals surface area (Å²) in [4.78, 5) is 17.8. The molecule has 1 amide bonds. The second-order valence-corrected chi connectivity index (χ2v) is 6.78. The first-order valence-corrected chi connectivity index (χ1v) is 9.31. The number of likely N-dealkylation sites (N-methyl/N-ethyl adjacent to an activating group) is 1. The maximum absolute atomic E-state index is 11.8. The summed E-state index contributed by atoms with van der Waals surface area (Å²) in [5.74, 6) is 0.630. The van der Waals surface area contributed by atoms with Gasteiger partial charge in [0.25, 0.3) is 0 Å². The van der Waals surface area contributed by atoms with Gasteiger partial charge in [-0.3, -0.25) is 4.79 Å². The molecule has 0 aliphatic rings. The summed E-state index contributed by atoms with van der Waals surface area (Å²) in [6.07, 6.45) is 2.24. The van der Waals surface area contributed by atoms with Crippen LogP contribution in [0.15, 0.2) is 35.3 Å². The number of amides is 1. The van der Waals surface area contributed by atoms with Crippen LogP contribution in [0.3, 0.4) is 0 Å². The molecule has 0 bridgehead atoms. The molecule has 2 N–H and O–H groups in total. The fourth-order valence-corrected chi connectivity index (χ4v) is 2.22. The number of guanidine groups is 1. The average molecular weight is 490 g/mol. The Bertz CT molecular complexity index is 550. The molecule has 27 heavy (non-hydrogen) atoms. The summed E-state index contributed by atoms with van der Waals surface area (Å²) in [5, 5.41) is 6.69. The van der Waals surface area contributed by atoms with E-state index < -0.39 is 0 Å². The molecule has 154 valence electrons. The van der Waals surface area contributed by atoms with Gasteiger partial charge in [0.15, 0.2) is 5.96 Å². The number of rotatable bonds is 10. The molecule has 1 rings (SSSR count). The molecule has 0 spiro atoms. The van der Waals surface area contributed by atoms with Crippen LogP contribution in [-0.2, 0) is 9.53 Å². The molecule has 1 aromatic carbocycles. The second kappa shape index (κ2) is 14.7. The van der Waals surface area contributed by atoms with Gasteiger partial charge in [-0.25, -0.2) is 4.99 Å². The number of nitrogens with one attached hydrogen (secondary N) is 2.